The van der Waals surface area contributed by atoms with Crippen molar-refractivity contribution in [1.82, 2.24) is 10.2 Å². The zero-order valence-electron chi connectivity index (χ0n) is 22.1. The maximum atomic E-state index is 13.7. The van der Waals surface area contributed by atoms with Gasteiger partial charge in [0, 0.05) is 19.5 Å². The summed E-state index contributed by atoms with van der Waals surface area (Å²) in [6.45, 7) is 10.8. The number of carbonyl (C=O) groups excluding carboxylic acids is 2. The number of ether oxygens (including phenoxy) is 1. The van der Waals surface area contributed by atoms with Crippen molar-refractivity contribution in [1.29, 1.82) is 0 Å². The van der Waals surface area contributed by atoms with Crippen LogP contribution in [0.5, 0.6) is 5.75 Å². The molecule has 1 N–H and O–H groups in total. The van der Waals surface area contributed by atoms with Crippen LogP contribution in [0.15, 0.2) is 72.8 Å². The van der Waals surface area contributed by atoms with Crippen molar-refractivity contribution in [3.63, 3.8) is 0 Å². The van der Waals surface area contributed by atoms with Gasteiger partial charge in [-0.15, -0.1) is 0 Å². The SMILES string of the molecule is Cc1ccc(C)c(OCC(=O)N(Cc2ccccc2C)[C@@H](Cc2ccccc2)C(=O)NCC(C)C)c1. The molecule has 0 aliphatic carbocycles. The van der Waals surface area contributed by atoms with Crippen LogP contribution in [0.3, 0.4) is 0 Å². The van der Waals surface area contributed by atoms with Crippen molar-refractivity contribution < 1.29 is 14.3 Å². The molecule has 5 nitrogen and oxygen atoms in total. The van der Waals surface area contributed by atoms with E-state index in [0.717, 1.165) is 27.8 Å². The Morgan fingerprint density at radius 2 is 1.58 bits per heavy atom. The van der Waals surface area contributed by atoms with Gasteiger partial charge in [-0.05, 0) is 60.6 Å². The first-order valence-electron chi connectivity index (χ1n) is 12.6. The topological polar surface area (TPSA) is 58.6 Å². The van der Waals surface area contributed by atoms with Crippen LogP contribution in [0.4, 0.5) is 0 Å². The molecule has 190 valence electrons. The van der Waals surface area contributed by atoms with Gasteiger partial charge in [-0.2, -0.15) is 0 Å². The van der Waals surface area contributed by atoms with Gasteiger partial charge in [0.2, 0.25) is 5.91 Å². The fourth-order valence-electron chi connectivity index (χ4n) is 4.03. The third kappa shape index (κ3) is 7.70. The first-order chi connectivity index (χ1) is 17.2. The van der Waals surface area contributed by atoms with Crippen LogP contribution in [-0.4, -0.2) is 35.9 Å². The Hall–Kier alpha value is -3.60. The van der Waals surface area contributed by atoms with Crippen LogP contribution < -0.4 is 10.1 Å². The monoisotopic (exact) mass is 486 g/mol. The Morgan fingerprint density at radius 1 is 0.889 bits per heavy atom. The van der Waals surface area contributed by atoms with E-state index in [4.69, 9.17) is 4.74 Å². The minimum atomic E-state index is -0.666. The number of hydrogen-bond donors (Lipinski definition) is 1. The Labute approximate surface area is 215 Å². The molecular weight excluding hydrogens is 448 g/mol. The number of benzene rings is 3. The summed E-state index contributed by atoms with van der Waals surface area (Å²) in [5.41, 5.74) is 5.11. The Kier molecular flexibility index (Phi) is 9.69. The van der Waals surface area contributed by atoms with Gasteiger partial charge in [-0.3, -0.25) is 9.59 Å². The fraction of sp³-hybridized carbons (Fsp3) is 0.355. The highest BCUT2D eigenvalue weighted by Crippen LogP contribution is 2.21. The summed E-state index contributed by atoms with van der Waals surface area (Å²) in [6, 6.07) is 23.1. The van der Waals surface area contributed by atoms with Crippen LogP contribution in [0.1, 0.15) is 41.7 Å². The first-order valence-corrected chi connectivity index (χ1v) is 12.6. The highest BCUT2D eigenvalue weighted by Gasteiger charge is 2.31. The molecular formula is C31H38N2O3. The number of rotatable bonds is 11. The number of amides is 2. The van der Waals surface area contributed by atoms with Crippen LogP contribution in [0, 0.1) is 26.7 Å². The zero-order chi connectivity index (χ0) is 26.1. The van der Waals surface area contributed by atoms with E-state index < -0.39 is 6.04 Å². The van der Waals surface area contributed by atoms with Crippen molar-refractivity contribution in [2.75, 3.05) is 13.2 Å². The van der Waals surface area contributed by atoms with E-state index in [-0.39, 0.29) is 18.4 Å². The standard InChI is InChI=1S/C31H38N2O3/c1-22(2)19-32-31(35)28(18-26-12-7-6-8-13-26)33(20-27-14-10-9-11-24(27)4)30(34)21-36-29-17-23(3)15-16-25(29)5/h6-17,22,28H,18-21H2,1-5H3,(H,32,35)/t28-/m0/s1. The van der Waals surface area contributed by atoms with Gasteiger partial charge in [0.25, 0.3) is 5.91 Å². The molecule has 2 amide bonds. The molecule has 36 heavy (non-hydrogen) atoms. The first kappa shape index (κ1) is 27.0. The Balaban J connectivity index is 1.93. The second-order valence-corrected chi connectivity index (χ2v) is 9.85. The molecule has 0 unspecified atom stereocenters. The van der Waals surface area contributed by atoms with E-state index in [0.29, 0.717) is 31.2 Å². The summed E-state index contributed by atoms with van der Waals surface area (Å²) in [5, 5.41) is 3.05. The number of carbonyl (C=O) groups is 2. The third-order valence-corrected chi connectivity index (χ3v) is 6.25. The van der Waals surface area contributed by atoms with Crippen LogP contribution in [0.25, 0.3) is 0 Å². The van der Waals surface area contributed by atoms with Gasteiger partial charge >= 0.3 is 0 Å². The summed E-state index contributed by atoms with van der Waals surface area (Å²) in [7, 11) is 0. The Morgan fingerprint density at radius 3 is 2.28 bits per heavy atom. The number of nitrogens with zero attached hydrogens (tertiary/aromatic N) is 1. The van der Waals surface area contributed by atoms with E-state index in [1.807, 2.05) is 93.6 Å². The lowest BCUT2D eigenvalue weighted by Gasteiger charge is -2.32. The average Bonchev–Trinajstić information content (AvgIpc) is 2.86. The normalized spacial score (nSPS) is 11.7. The average molecular weight is 487 g/mol. The lowest BCUT2D eigenvalue weighted by Crippen LogP contribution is -2.52. The van der Waals surface area contributed by atoms with Gasteiger partial charge in [0.1, 0.15) is 11.8 Å². The highest BCUT2D eigenvalue weighted by molar-refractivity contribution is 5.88. The predicted octanol–water partition coefficient (Wildman–Crippen LogP) is 5.40. The van der Waals surface area contributed by atoms with Gasteiger partial charge in [0.05, 0.1) is 0 Å². The number of hydrogen-bond acceptors (Lipinski definition) is 3. The summed E-state index contributed by atoms with van der Waals surface area (Å²) in [6.07, 6.45) is 0.422. The number of aryl methyl sites for hydroxylation is 3. The molecule has 0 fully saturated rings. The molecule has 0 spiro atoms. The molecule has 0 aromatic heterocycles. The molecule has 5 heteroatoms. The summed E-state index contributed by atoms with van der Waals surface area (Å²) < 4.78 is 5.98. The molecule has 0 aliphatic rings. The van der Waals surface area contributed by atoms with Crippen LogP contribution in [0.2, 0.25) is 0 Å². The second kappa shape index (κ2) is 12.9. The maximum Gasteiger partial charge on any atom is 0.261 e. The fourth-order valence-corrected chi connectivity index (χ4v) is 4.03. The third-order valence-electron chi connectivity index (χ3n) is 6.25. The van der Waals surface area contributed by atoms with Crippen LogP contribution in [-0.2, 0) is 22.6 Å². The van der Waals surface area contributed by atoms with Crippen molar-refractivity contribution >= 4 is 11.8 Å². The van der Waals surface area contributed by atoms with Crippen molar-refractivity contribution in [2.24, 2.45) is 5.92 Å². The molecule has 0 saturated carbocycles. The maximum absolute atomic E-state index is 13.7. The molecule has 1 atom stereocenters. The van der Waals surface area contributed by atoms with Gasteiger partial charge in [-0.1, -0.05) is 80.6 Å². The lowest BCUT2D eigenvalue weighted by molar-refractivity contribution is -0.142. The van der Waals surface area contributed by atoms with E-state index in [2.05, 4.69) is 19.2 Å². The van der Waals surface area contributed by atoms with E-state index >= 15 is 0 Å². The lowest BCUT2D eigenvalue weighted by atomic mass is 10.0. The van der Waals surface area contributed by atoms with Crippen molar-refractivity contribution in [2.45, 2.75) is 53.6 Å². The van der Waals surface area contributed by atoms with E-state index in [1.54, 1.807) is 4.90 Å². The summed E-state index contributed by atoms with van der Waals surface area (Å²) >= 11 is 0. The zero-order valence-corrected chi connectivity index (χ0v) is 22.1. The second-order valence-electron chi connectivity index (χ2n) is 9.85. The van der Waals surface area contributed by atoms with E-state index in [1.165, 1.54) is 0 Å². The van der Waals surface area contributed by atoms with Crippen molar-refractivity contribution in [3.8, 4) is 5.75 Å². The minimum Gasteiger partial charge on any atom is -0.483 e. The molecule has 3 aromatic rings. The Bertz CT molecular complexity index is 1160. The van der Waals surface area contributed by atoms with Gasteiger partial charge in [-0.25, -0.2) is 0 Å². The molecule has 0 radical (unpaired) electrons. The summed E-state index contributed by atoms with van der Waals surface area (Å²) in [4.78, 5) is 28.9. The molecule has 3 rings (SSSR count). The minimum absolute atomic E-state index is 0.140. The molecule has 0 heterocycles. The quantitative estimate of drug-likeness (QED) is 0.395. The van der Waals surface area contributed by atoms with Gasteiger partial charge < -0.3 is 15.0 Å². The summed E-state index contributed by atoms with van der Waals surface area (Å²) in [5.74, 6) is 0.614. The number of nitrogens with one attached hydrogen (secondary N) is 1. The van der Waals surface area contributed by atoms with E-state index in [9.17, 15) is 9.59 Å². The molecule has 0 aliphatic heterocycles. The van der Waals surface area contributed by atoms with Crippen LogP contribution >= 0.6 is 0 Å². The highest BCUT2D eigenvalue weighted by atomic mass is 16.5. The van der Waals surface area contributed by atoms with Gasteiger partial charge in [0.15, 0.2) is 6.61 Å². The molecule has 0 saturated heterocycles. The molecule has 0 bridgehead atoms. The smallest absolute Gasteiger partial charge is 0.261 e. The largest absolute Gasteiger partial charge is 0.483 e. The predicted molar refractivity (Wildman–Crippen MR) is 145 cm³/mol. The molecule has 3 aromatic carbocycles. The van der Waals surface area contributed by atoms with Crippen molar-refractivity contribution in [3.05, 3.63) is 101 Å².